The highest BCUT2D eigenvalue weighted by molar-refractivity contribution is 7.09. The highest BCUT2D eigenvalue weighted by Gasteiger charge is 2.19. The monoisotopic (exact) mass is 279 g/mol. The van der Waals surface area contributed by atoms with Crippen LogP contribution in [0, 0.1) is 5.82 Å². The predicted octanol–water partition coefficient (Wildman–Crippen LogP) is 3.63. The van der Waals surface area contributed by atoms with Gasteiger partial charge in [-0.2, -0.15) is 4.37 Å². The number of hydrogen-bond donors (Lipinski definition) is 1. The molecular formula is C14H18FN3S. The molecule has 19 heavy (non-hydrogen) atoms. The van der Waals surface area contributed by atoms with Gasteiger partial charge in [-0.15, -0.1) is 0 Å². The van der Waals surface area contributed by atoms with E-state index in [0.29, 0.717) is 0 Å². The Balaban J connectivity index is 1.88. The number of anilines is 1. The summed E-state index contributed by atoms with van der Waals surface area (Å²) in [5.41, 5.74) is 0.951. The Bertz CT molecular complexity index is 546. The molecule has 1 aromatic carbocycles. The van der Waals surface area contributed by atoms with E-state index in [2.05, 4.69) is 35.4 Å². The Morgan fingerprint density at radius 1 is 1.32 bits per heavy atom. The van der Waals surface area contributed by atoms with Gasteiger partial charge in [0.15, 0.2) is 0 Å². The Kier molecular flexibility index (Phi) is 4.14. The highest BCUT2D eigenvalue weighted by Crippen LogP contribution is 2.22. The minimum atomic E-state index is -0.191. The van der Waals surface area contributed by atoms with Crippen LogP contribution >= 0.6 is 11.5 Å². The Labute approximate surface area is 117 Å². The Morgan fingerprint density at radius 3 is 2.74 bits per heavy atom. The molecule has 0 radical (unpaired) electrons. The maximum Gasteiger partial charge on any atom is 0.202 e. The van der Waals surface area contributed by atoms with E-state index in [1.54, 1.807) is 12.1 Å². The molecule has 0 bridgehead atoms. The van der Waals surface area contributed by atoms with Crippen molar-refractivity contribution in [3.05, 3.63) is 41.5 Å². The van der Waals surface area contributed by atoms with Crippen LogP contribution in [0.4, 0.5) is 9.52 Å². The summed E-state index contributed by atoms with van der Waals surface area (Å²) in [4.78, 5) is 4.45. The summed E-state index contributed by atoms with van der Waals surface area (Å²) in [6.45, 7) is 6.99. The summed E-state index contributed by atoms with van der Waals surface area (Å²) in [5, 5.41) is 4.05. The number of nitrogens with zero attached hydrogens (tertiary/aromatic N) is 2. The lowest BCUT2D eigenvalue weighted by molar-refractivity contribution is 0.555. The second kappa shape index (κ2) is 5.65. The van der Waals surface area contributed by atoms with Crippen molar-refractivity contribution in [2.24, 2.45) is 0 Å². The van der Waals surface area contributed by atoms with Crippen molar-refractivity contribution in [2.75, 3.05) is 11.9 Å². The quantitative estimate of drug-likeness (QED) is 0.928. The first-order valence-corrected chi connectivity index (χ1v) is 7.05. The minimum absolute atomic E-state index is 0.0288. The lowest BCUT2D eigenvalue weighted by atomic mass is 9.96. The summed E-state index contributed by atoms with van der Waals surface area (Å²) in [5.74, 6) is 0.661. The number of rotatable bonds is 4. The van der Waals surface area contributed by atoms with Gasteiger partial charge in [-0.05, 0) is 24.1 Å². The predicted molar refractivity (Wildman–Crippen MR) is 77.2 cm³/mol. The molecule has 0 spiro atoms. The fourth-order valence-corrected chi connectivity index (χ4v) is 2.39. The normalized spacial score (nSPS) is 11.6. The molecule has 0 aliphatic rings. The molecule has 1 heterocycles. The van der Waals surface area contributed by atoms with Gasteiger partial charge in [-0.3, -0.25) is 0 Å². The van der Waals surface area contributed by atoms with Crippen molar-refractivity contribution in [1.29, 1.82) is 0 Å². The van der Waals surface area contributed by atoms with Crippen LogP contribution in [0.2, 0.25) is 0 Å². The molecular weight excluding hydrogens is 261 g/mol. The van der Waals surface area contributed by atoms with Gasteiger partial charge < -0.3 is 5.32 Å². The van der Waals surface area contributed by atoms with Crippen LogP contribution in [0.5, 0.6) is 0 Å². The standard InChI is InChI=1S/C14H18FN3S/c1-14(2,3)12-17-13(19-18-12)16-8-7-10-5-4-6-11(15)9-10/h4-6,9H,7-8H2,1-3H3,(H,16,17,18). The average Bonchev–Trinajstić information content (AvgIpc) is 2.77. The molecule has 1 aromatic heterocycles. The van der Waals surface area contributed by atoms with Crippen LogP contribution in [0.25, 0.3) is 0 Å². The number of benzene rings is 1. The molecule has 102 valence electrons. The fraction of sp³-hybridized carbons (Fsp3) is 0.429. The van der Waals surface area contributed by atoms with Gasteiger partial charge in [-0.1, -0.05) is 32.9 Å². The van der Waals surface area contributed by atoms with Crippen LogP contribution < -0.4 is 5.32 Å². The molecule has 0 aliphatic carbocycles. The van der Waals surface area contributed by atoms with Gasteiger partial charge in [0, 0.05) is 23.5 Å². The zero-order valence-corrected chi connectivity index (χ0v) is 12.2. The molecule has 0 saturated carbocycles. The van der Waals surface area contributed by atoms with Gasteiger partial charge in [0.2, 0.25) is 5.13 Å². The molecule has 2 aromatic rings. The summed E-state index contributed by atoms with van der Waals surface area (Å²) in [6, 6.07) is 6.67. The second-order valence-electron chi connectivity index (χ2n) is 5.48. The van der Waals surface area contributed by atoms with Crippen LogP contribution in [0.1, 0.15) is 32.2 Å². The maximum absolute atomic E-state index is 13.0. The topological polar surface area (TPSA) is 37.8 Å². The Morgan fingerprint density at radius 2 is 2.11 bits per heavy atom. The molecule has 0 fully saturated rings. The summed E-state index contributed by atoms with van der Waals surface area (Å²) in [6.07, 6.45) is 0.766. The summed E-state index contributed by atoms with van der Waals surface area (Å²) in [7, 11) is 0. The van der Waals surface area contributed by atoms with Crippen molar-refractivity contribution in [3.63, 3.8) is 0 Å². The first-order chi connectivity index (χ1) is 8.95. The number of aromatic nitrogens is 2. The van der Waals surface area contributed by atoms with Crippen molar-refractivity contribution in [3.8, 4) is 0 Å². The van der Waals surface area contributed by atoms with Crippen molar-refractivity contribution in [1.82, 2.24) is 9.36 Å². The smallest absolute Gasteiger partial charge is 0.202 e. The first kappa shape index (κ1) is 13.9. The summed E-state index contributed by atoms with van der Waals surface area (Å²) < 4.78 is 17.3. The van der Waals surface area contributed by atoms with E-state index in [4.69, 9.17) is 0 Å². The SMILES string of the molecule is CC(C)(C)c1nsc(NCCc2cccc(F)c2)n1. The van der Waals surface area contributed by atoms with Crippen LogP contribution in [0.15, 0.2) is 24.3 Å². The third-order valence-electron chi connectivity index (χ3n) is 2.68. The Hall–Kier alpha value is -1.49. The molecule has 0 saturated heterocycles. The van der Waals surface area contributed by atoms with Crippen molar-refractivity contribution < 1.29 is 4.39 Å². The van der Waals surface area contributed by atoms with E-state index in [9.17, 15) is 4.39 Å². The minimum Gasteiger partial charge on any atom is -0.360 e. The fourth-order valence-electron chi connectivity index (χ4n) is 1.61. The summed E-state index contributed by atoms with van der Waals surface area (Å²) >= 11 is 1.37. The molecule has 0 atom stereocenters. The third-order valence-corrected chi connectivity index (χ3v) is 3.35. The zero-order chi connectivity index (χ0) is 13.9. The molecule has 3 nitrogen and oxygen atoms in total. The second-order valence-corrected chi connectivity index (χ2v) is 6.23. The lowest BCUT2D eigenvalue weighted by Crippen LogP contribution is -2.13. The highest BCUT2D eigenvalue weighted by atomic mass is 32.1. The van der Waals surface area contributed by atoms with Crippen LogP contribution in [0.3, 0.4) is 0 Å². The molecule has 5 heteroatoms. The van der Waals surface area contributed by atoms with Crippen molar-refractivity contribution in [2.45, 2.75) is 32.6 Å². The van der Waals surface area contributed by atoms with Gasteiger partial charge in [-0.25, -0.2) is 9.37 Å². The average molecular weight is 279 g/mol. The van der Waals surface area contributed by atoms with E-state index < -0.39 is 0 Å². The van der Waals surface area contributed by atoms with E-state index in [-0.39, 0.29) is 11.2 Å². The molecule has 0 unspecified atom stereocenters. The van der Waals surface area contributed by atoms with Gasteiger partial charge in [0.05, 0.1) is 0 Å². The number of halogens is 1. The third kappa shape index (κ3) is 3.99. The van der Waals surface area contributed by atoms with Crippen LogP contribution in [-0.4, -0.2) is 15.9 Å². The van der Waals surface area contributed by atoms with Gasteiger partial charge >= 0.3 is 0 Å². The molecule has 2 rings (SSSR count). The van der Waals surface area contributed by atoms with Crippen molar-refractivity contribution >= 4 is 16.7 Å². The van der Waals surface area contributed by atoms with Gasteiger partial charge in [0.25, 0.3) is 0 Å². The first-order valence-electron chi connectivity index (χ1n) is 6.27. The molecule has 0 amide bonds. The van der Waals surface area contributed by atoms with E-state index in [1.165, 1.54) is 17.6 Å². The molecule has 0 aliphatic heterocycles. The van der Waals surface area contributed by atoms with E-state index >= 15 is 0 Å². The maximum atomic E-state index is 13.0. The van der Waals surface area contributed by atoms with E-state index in [0.717, 1.165) is 29.5 Å². The number of hydrogen-bond acceptors (Lipinski definition) is 4. The lowest BCUT2D eigenvalue weighted by Gasteiger charge is -2.12. The zero-order valence-electron chi connectivity index (χ0n) is 11.4. The number of nitrogens with one attached hydrogen (secondary N) is 1. The van der Waals surface area contributed by atoms with Crippen LogP contribution in [-0.2, 0) is 11.8 Å². The van der Waals surface area contributed by atoms with Gasteiger partial charge in [0.1, 0.15) is 11.6 Å². The molecule has 1 N–H and O–H groups in total. The van der Waals surface area contributed by atoms with E-state index in [1.807, 2.05) is 6.07 Å². The largest absolute Gasteiger partial charge is 0.360 e.